The molecule has 0 aliphatic heterocycles. The molecule has 0 N–H and O–H groups in total. The summed E-state index contributed by atoms with van der Waals surface area (Å²) in [5.41, 5.74) is 5.75. The smallest absolute Gasteiger partial charge is 0.176 e. The molecule has 0 saturated carbocycles. The molecule has 31 heavy (non-hydrogen) atoms. The monoisotopic (exact) mass is 410 g/mol. The molecular weight excluding hydrogens is 391 g/mol. The van der Waals surface area contributed by atoms with Gasteiger partial charge in [0, 0.05) is 11.1 Å². The normalized spacial score (nSPS) is 11.1. The lowest BCUT2D eigenvalue weighted by Gasteiger charge is -2.10. The van der Waals surface area contributed by atoms with E-state index < -0.39 is 0 Å². The van der Waals surface area contributed by atoms with Crippen molar-refractivity contribution in [1.82, 2.24) is 19.7 Å². The van der Waals surface area contributed by atoms with Crippen molar-refractivity contribution in [1.29, 1.82) is 0 Å². The Hall–Kier alpha value is -4.06. The quantitative estimate of drug-likeness (QED) is 0.387. The van der Waals surface area contributed by atoms with Crippen molar-refractivity contribution in [2.45, 2.75) is 6.92 Å². The van der Waals surface area contributed by atoms with Gasteiger partial charge in [-0.3, -0.25) is 0 Å². The molecule has 0 atom stereocenters. The van der Waals surface area contributed by atoms with Crippen LogP contribution in [0.15, 0.2) is 78.9 Å². The molecule has 0 aliphatic carbocycles. The van der Waals surface area contributed by atoms with Crippen molar-refractivity contribution in [2.75, 3.05) is 7.11 Å². The fourth-order valence-electron chi connectivity index (χ4n) is 3.55. The maximum Gasteiger partial charge on any atom is 0.176 e. The van der Waals surface area contributed by atoms with Crippen LogP contribution in [0.3, 0.4) is 0 Å². The maximum atomic E-state index is 13.4. The van der Waals surface area contributed by atoms with E-state index in [0.717, 1.165) is 45.0 Å². The van der Waals surface area contributed by atoms with Crippen LogP contribution in [0.25, 0.3) is 39.4 Å². The molecule has 2 heterocycles. The average Bonchev–Trinajstić information content (AvgIpc) is 3.24. The molecule has 6 heteroatoms. The number of hydrogen-bond donors (Lipinski definition) is 0. The van der Waals surface area contributed by atoms with Crippen molar-refractivity contribution in [3.8, 4) is 34.1 Å². The van der Waals surface area contributed by atoms with Crippen LogP contribution >= 0.6 is 0 Å². The van der Waals surface area contributed by atoms with Gasteiger partial charge in [0.25, 0.3) is 0 Å². The second kappa shape index (κ2) is 7.65. The number of aromatic nitrogens is 4. The molecule has 5 rings (SSSR count). The van der Waals surface area contributed by atoms with E-state index >= 15 is 0 Å². The number of nitrogens with zero attached hydrogens (tertiary/aromatic N) is 4. The van der Waals surface area contributed by atoms with E-state index in [0.29, 0.717) is 5.82 Å². The lowest BCUT2D eigenvalue weighted by molar-refractivity contribution is 0.415. The summed E-state index contributed by atoms with van der Waals surface area (Å²) >= 11 is 0. The van der Waals surface area contributed by atoms with Crippen molar-refractivity contribution >= 4 is 11.0 Å². The molecule has 0 radical (unpaired) electrons. The first-order valence-corrected chi connectivity index (χ1v) is 9.86. The minimum absolute atomic E-state index is 0.283. The first-order chi connectivity index (χ1) is 15.1. The lowest BCUT2D eigenvalue weighted by Crippen LogP contribution is -2.06. The third-order valence-corrected chi connectivity index (χ3v) is 5.16. The number of fused-ring (bicyclic) bond motifs is 1. The van der Waals surface area contributed by atoms with Gasteiger partial charge in [-0.2, -0.15) is 5.10 Å². The molecule has 0 saturated heterocycles. The van der Waals surface area contributed by atoms with Crippen molar-refractivity contribution in [3.63, 3.8) is 0 Å². The van der Waals surface area contributed by atoms with Gasteiger partial charge in [-0.25, -0.2) is 19.0 Å². The number of benzene rings is 3. The average molecular weight is 410 g/mol. The van der Waals surface area contributed by atoms with Gasteiger partial charge < -0.3 is 4.74 Å². The van der Waals surface area contributed by atoms with Crippen LogP contribution in [0.1, 0.15) is 5.69 Å². The molecule has 0 spiro atoms. The van der Waals surface area contributed by atoms with Crippen LogP contribution in [0.4, 0.5) is 4.39 Å². The van der Waals surface area contributed by atoms with Gasteiger partial charge in [0.15, 0.2) is 5.82 Å². The first-order valence-electron chi connectivity index (χ1n) is 9.86. The molecule has 0 aliphatic rings. The molecule has 0 unspecified atom stereocenters. The first kappa shape index (κ1) is 18.9. The second-order valence-corrected chi connectivity index (χ2v) is 7.18. The Kier molecular flexibility index (Phi) is 4.67. The van der Waals surface area contributed by atoms with Crippen LogP contribution in [-0.2, 0) is 0 Å². The zero-order chi connectivity index (χ0) is 21.4. The van der Waals surface area contributed by atoms with E-state index in [2.05, 4.69) is 0 Å². The molecule has 152 valence electrons. The molecule has 0 fully saturated rings. The predicted molar refractivity (Wildman–Crippen MR) is 119 cm³/mol. The molecule has 0 amide bonds. The van der Waals surface area contributed by atoms with Crippen LogP contribution in [-0.4, -0.2) is 26.9 Å². The van der Waals surface area contributed by atoms with Gasteiger partial charge in [-0.15, -0.1) is 0 Å². The predicted octanol–water partition coefficient (Wildman–Crippen LogP) is 5.61. The summed E-state index contributed by atoms with van der Waals surface area (Å²) in [5, 5.41) is 4.83. The molecule has 3 aromatic carbocycles. The summed E-state index contributed by atoms with van der Waals surface area (Å²) in [5.74, 6) is 1.14. The second-order valence-electron chi connectivity index (χ2n) is 7.18. The SMILES string of the molecule is COc1ccc(-c2cc(-c3ccc(F)cc3)nn2-c2nc3ccccc3nc2C)cc1. The van der Waals surface area contributed by atoms with E-state index in [1.165, 1.54) is 12.1 Å². The van der Waals surface area contributed by atoms with Gasteiger partial charge >= 0.3 is 0 Å². The zero-order valence-electron chi connectivity index (χ0n) is 17.1. The highest BCUT2D eigenvalue weighted by atomic mass is 19.1. The zero-order valence-corrected chi connectivity index (χ0v) is 17.1. The van der Waals surface area contributed by atoms with E-state index in [-0.39, 0.29) is 5.82 Å². The minimum Gasteiger partial charge on any atom is -0.497 e. The number of rotatable bonds is 4. The fraction of sp³-hybridized carbons (Fsp3) is 0.0800. The van der Waals surface area contributed by atoms with E-state index in [1.807, 2.05) is 61.5 Å². The molecule has 0 bridgehead atoms. The Bertz CT molecular complexity index is 1380. The van der Waals surface area contributed by atoms with Gasteiger partial charge in [-0.1, -0.05) is 12.1 Å². The van der Waals surface area contributed by atoms with Crippen molar-refractivity contribution < 1.29 is 9.13 Å². The summed E-state index contributed by atoms with van der Waals surface area (Å²) in [6.07, 6.45) is 0. The van der Waals surface area contributed by atoms with Gasteiger partial charge in [0.1, 0.15) is 11.6 Å². The highest BCUT2D eigenvalue weighted by Gasteiger charge is 2.17. The van der Waals surface area contributed by atoms with E-state index in [4.69, 9.17) is 19.8 Å². The topological polar surface area (TPSA) is 52.8 Å². The van der Waals surface area contributed by atoms with Crippen LogP contribution < -0.4 is 4.74 Å². The molecular formula is C25H19FN4O. The Balaban J connectivity index is 1.73. The summed E-state index contributed by atoms with van der Waals surface area (Å²) in [4.78, 5) is 9.55. The third-order valence-electron chi connectivity index (χ3n) is 5.16. The molecule has 5 nitrogen and oxygen atoms in total. The number of ether oxygens (including phenoxy) is 1. The van der Waals surface area contributed by atoms with Crippen LogP contribution in [0.5, 0.6) is 5.75 Å². The number of methoxy groups -OCH3 is 1. The maximum absolute atomic E-state index is 13.4. The standard InChI is InChI=1S/C25H19FN4O/c1-16-25(28-22-6-4-3-5-21(22)27-16)30-24(18-9-13-20(31-2)14-10-18)15-23(29-30)17-7-11-19(26)12-8-17/h3-15H,1-2H3. The summed E-state index contributed by atoms with van der Waals surface area (Å²) in [6, 6.07) is 23.8. The fourth-order valence-corrected chi connectivity index (χ4v) is 3.55. The summed E-state index contributed by atoms with van der Waals surface area (Å²) in [7, 11) is 1.64. The molecule has 2 aromatic heterocycles. The van der Waals surface area contributed by atoms with Crippen LogP contribution in [0, 0.1) is 12.7 Å². The van der Waals surface area contributed by atoms with Gasteiger partial charge in [0.2, 0.25) is 0 Å². The van der Waals surface area contributed by atoms with Crippen molar-refractivity contribution in [2.24, 2.45) is 0 Å². The largest absolute Gasteiger partial charge is 0.497 e. The lowest BCUT2D eigenvalue weighted by atomic mass is 10.1. The van der Waals surface area contributed by atoms with Gasteiger partial charge in [0.05, 0.1) is 35.2 Å². The number of aryl methyl sites for hydroxylation is 1. The number of hydrogen-bond acceptors (Lipinski definition) is 4. The van der Waals surface area contributed by atoms with Gasteiger partial charge in [-0.05, 0) is 73.7 Å². The molecule has 5 aromatic rings. The Morgan fingerprint density at radius 1 is 0.806 bits per heavy atom. The van der Waals surface area contributed by atoms with Crippen LogP contribution in [0.2, 0.25) is 0 Å². The van der Waals surface area contributed by atoms with E-state index in [9.17, 15) is 4.39 Å². The third kappa shape index (κ3) is 3.53. The summed E-state index contributed by atoms with van der Waals surface area (Å²) < 4.78 is 20.5. The Morgan fingerprint density at radius 2 is 1.45 bits per heavy atom. The summed E-state index contributed by atoms with van der Waals surface area (Å²) in [6.45, 7) is 1.92. The van der Waals surface area contributed by atoms with Crippen molar-refractivity contribution in [3.05, 3.63) is 90.4 Å². The highest BCUT2D eigenvalue weighted by Crippen LogP contribution is 2.30. The van der Waals surface area contributed by atoms with E-state index in [1.54, 1.807) is 23.9 Å². The number of para-hydroxylation sites is 2. The highest BCUT2D eigenvalue weighted by molar-refractivity contribution is 5.76. The Morgan fingerprint density at radius 3 is 2.13 bits per heavy atom. The Labute approximate surface area is 178 Å². The number of halogens is 1. The minimum atomic E-state index is -0.283.